The van der Waals surface area contributed by atoms with Gasteiger partial charge in [0.2, 0.25) is 11.8 Å². The smallest absolute Gasteiger partial charge is 0.253 e. The van der Waals surface area contributed by atoms with E-state index in [1.807, 2.05) is 30.3 Å². The molecule has 2 heterocycles. The van der Waals surface area contributed by atoms with Gasteiger partial charge in [0.05, 0.1) is 11.3 Å². The van der Waals surface area contributed by atoms with Gasteiger partial charge < -0.3 is 4.42 Å². The molecule has 5 heteroatoms. The quantitative estimate of drug-likeness (QED) is 0.846. The molecule has 1 aliphatic heterocycles. The van der Waals surface area contributed by atoms with E-state index >= 15 is 0 Å². The van der Waals surface area contributed by atoms with Crippen LogP contribution in [-0.2, 0) is 11.2 Å². The second kappa shape index (κ2) is 4.91. The molecule has 0 spiro atoms. The third-order valence-electron chi connectivity index (χ3n) is 4.20. The molecule has 1 saturated carbocycles. The molecule has 106 valence electrons. The Kier molecular flexibility index (Phi) is 2.91. The zero-order chi connectivity index (χ0) is 14.2. The second-order valence-corrected chi connectivity index (χ2v) is 5.65. The minimum Gasteiger partial charge on any atom is -0.425 e. The molecular formula is C16H15N3O2. The van der Waals surface area contributed by atoms with Crippen LogP contribution in [0.4, 0.5) is 0 Å². The first-order chi connectivity index (χ1) is 10.3. The molecular weight excluding hydrogens is 266 g/mol. The summed E-state index contributed by atoms with van der Waals surface area (Å²) >= 11 is 0. The first-order valence-corrected chi connectivity index (χ1v) is 7.31. The zero-order valence-corrected chi connectivity index (χ0v) is 11.5. The normalized spacial score (nSPS) is 21.1. The molecule has 1 aliphatic carbocycles. The molecule has 1 aromatic carbocycles. The van der Waals surface area contributed by atoms with Crippen molar-refractivity contribution in [3.05, 3.63) is 46.6 Å². The van der Waals surface area contributed by atoms with Crippen molar-refractivity contribution in [2.75, 3.05) is 0 Å². The maximum atomic E-state index is 12.1. The third-order valence-corrected chi connectivity index (χ3v) is 4.20. The Morgan fingerprint density at radius 2 is 2.05 bits per heavy atom. The van der Waals surface area contributed by atoms with Gasteiger partial charge in [0, 0.05) is 12.3 Å². The van der Waals surface area contributed by atoms with Crippen LogP contribution in [0.15, 0.2) is 33.7 Å². The van der Waals surface area contributed by atoms with Gasteiger partial charge in [0.15, 0.2) is 0 Å². The van der Waals surface area contributed by atoms with Gasteiger partial charge in [-0.25, -0.2) is 4.99 Å². The largest absolute Gasteiger partial charge is 0.425 e. The number of para-hydroxylation sites is 1. The monoisotopic (exact) mass is 281 g/mol. The molecule has 1 unspecified atom stereocenters. The Bertz CT molecular complexity index is 805. The number of nitrogens with zero attached hydrogens (tertiary/aromatic N) is 3. The molecule has 0 radical (unpaired) electrons. The van der Waals surface area contributed by atoms with Gasteiger partial charge in [-0.3, -0.25) is 4.79 Å². The Hall–Kier alpha value is -2.30. The van der Waals surface area contributed by atoms with Gasteiger partial charge in [-0.15, -0.1) is 10.2 Å². The van der Waals surface area contributed by atoms with Gasteiger partial charge >= 0.3 is 0 Å². The molecule has 0 bridgehead atoms. The van der Waals surface area contributed by atoms with Crippen LogP contribution in [0, 0.1) is 5.92 Å². The lowest BCUT2D eigenvalue weighted by molar-refractivity contribution is -0.120. The minimum absolute atomic E-state index is 0.142. The highest BCUT2D eigenvalue weighted by Crippen LogP contribution is 2.35. The summed E-state index contributed by atoms with van der Waals surface area (Å²) in [4.78, 5) is 16.2. The molecule has 0 N–H and O–H groups in total. The summed E-state index contributed by atoms with van der Waals surface area (Å²) in [6.45, 7) is 0. The van der Waals surface area contributed by atoms with Crippen molar-refractivity contribution < 1.29 is 9.21 Å². The van der Waals surface area contributed by atoms with Crippen molar-refractivity contribution in [3.63, 3.8) is 0 Å². The fraction of sp³-hybridized carbons (Fsp3) is 0.375. The lowest BCUT2D eigenvalue weighted by atomic mass is 9.85. The first-order valence-electron chi connectivity index (χ1n) is 7.31. The Labute approximate surface area is 121 Å². The molecule has 1 aromatic heterocycles. The molecule has 2 aromatic rings. The minimum atomic E-state index is -0.311. The van der Waals surface area contributed by atoms with Gasteiger partial charge in [0.1, 0.15) is 0 Å². The van der Waals surface area contributed by atoms with E-state index in [-0.39, 0.29) is 11.8 Å². The number of hydrogen-bond donors (Lipinski definition) is 0. The Morgan fingerprint density at radius 3 is 2.86 bits per heavy atom. The van der Waals surface area contributed by atoms with Gasteiger partial charge in [0.25, 0.3) is 5.91 Å². The number of carbonyl (C=O) groups excluding carboxylic acids is 1. The standard InChI is InChI=1S/C16H15N3O2/c20-15-12(8-11-4-1-2-7-13(11)17-15)9-14-18-19-16(21-14)10-5-3-6-10/h1-2,4,7-8,10,12H,3,5-6,9H2. The summed E-state index contributed by atoms with van der Waals surface area (Å²) in [5, 5.41) is 9.90. The van der Waals surface area contributed by atoms with E-state index < -0.39 is 0 Å². The average Bonchev–Trinajstić information content (AvgIpc) is 2.86. The van der Waals surface area contributed by atoms with Crippen LogP contribution in [0.25, 0.3) is 6.08 Å². The van der Waals surface area contributed by atoms with Crippen molar-refractivity contribution in [2.24, 2.45) is 10.9 Å². The zero-order valence-electron chi connectivity index (χ0n) is 11.5. The maximum Gasteiger partial charge on any atom is 0.253 e. The number of hydrogen-bond acceptors (Lipinski definition) is 4. The van der Waals surface area contributed by atoms with Crippen molar-refractivity contribution >= 4 is 12.0 Å². The highest BCUT2D eigenvalue weighted by molar-refractivity contribution is 5.86. The lowest BCUT2D eigenvalue weighted by Crippen LogP contribution is -2.34. The summed E-state index contributed by atoms with van der Waals surface area (Å²) in [6.07, 6.45) is 5.85. The van der Waals surface area contributed by atoms with E-state index in [1.165, 1.54) is 6.42 Å². The maximum absolute atomic E-state index is 12.1. The van der Waals surface area contributed by atoms with Crippen LogP contribution < -0.4 is 10.6 Å². The Balaban J connectivity index is 1.58. The number of amides is 1. The highest BCUT2D eigenvalue weighted by atomic mass is 16.4. The van der Waals surface area contributed by atoms with E-state index in [1.54, 1.807) is 0 Å². The van der Waals surface area contributed by atoms with Crippen molar-refractivity contribution in [3.8, 4) is 0 Å². The van der Waals surface area contributed by atoms with E-state index in [0.29, 0.717) is 18.2 Å². The predicted octanol–water partition coefficient (Wildman–Crippen LogP) is 1.14. The number of aromatic nitrogens is 2. The van der Waals surface area contributed by atoms with Gasteiger partial charge in [-0.05, 0) is 24.1 Å². The lowest BCUT2D eigenvalue weighted by Gasteiger charge is -2.20. The summed E-state index contributed by atoms with van der Waals surface area (Å²) in [6, 6.07) is 7.64. The van der Waals surface area contributed by atoms with Crippen LogP contribution in [-0.4, -0.2) is 16.1 Å². The molecule has 1 amide bonds. The fourth-order valence-corrected chi connectivity index (χ4v) is 2.72. The van der Waals surface area contributed by atoms with Crippen LogP contribution in [0.3, 0.4) is 0 Å². The van der Waals surface area contributed by atoms with Crippen molar-refractivity contribution in [1.29, 1.82) is 0 Å². The molecule has 4 rings (SSSR count). The van der Waals surface area contributed by atoms with Crippen LogP contribution in [0.5, 0.6) is 0 Å². The van der Waals surface area contributed by atoms with Crippen LogP contribution in [0.2, 0.25) is 0 Å². The first kappa shape index (κ1) is 12.4. The summed E-state index contributed by atoms with van der Waals surface area (Å²) < 4.78 is 5.69. The highest BCUT2D eigenvalue weighted by Gasteiger charge is 2.27. The topological polar surface area (TPSA) is 68.3 Å². The SMILES string of the molecule is O=C1N=c2ccccc2=CC1Cc1nnc(C2CCC2)o1. The fourth-order valence-electron chi connectivity index (χ4n) is 2.72. The molecule has 2 aliphatic rings. The Morgan fingerprint density at radius 1 is 1.19 bits per heavy atom. The average molecular weight is 281 g/mol. The molecule has 0 saturated heterocycles. The molecule has 5 nitrogen and oxygen atoms in total. The van der Waals surface area contributed by atoms with Crippen LogP contribution in [0.1, 0.15) is 37.0 Å². The summed E-state index contributed by atoms with van der Waals surface area (Å²) in [7, 11) is 0. The van der Waals surface area contributed by atoms with E-state index in [0.717, 1.165) is 29.3 Å². The molecule has 21 heavy (non-hydrogen) atoms. The van der Waals surface area contributed by atoms with E-state index in [9.17, 15) is 4.79 Å². The molecule has 1 atom stereocenters. The number of benzene rings is 1. The molecule has 1 fully saturated rings. The summed E-state index contributed by atoms with van der Waals surface area (Å²) in [5.41, 5.74) is 0. The number of fused-ring (bicyclic) bond motifs is 1. The summed E-state index contributed by atoms with van der Waals surface area (Å²) in [5.74, 6) is 1.22. The predicted molar refractivity (Wildman–Crippen MR) is 74.8 cm³/mol. The second-order valence-electron chi connectivity index (χ2n) is 5.65. The van der Waals surface area contributed by atoms with E-state index in [2.05, 4.69) is 15.2 Å². The van der Waals surface area contributed by atoms with Crippen molar-refractivity contribution in [1.82, 2.24) is 10.2 Å². The van der Waals surface area contributed by atoms with E-state index in [4.69, 9.17) is 4.42 Å². The van der Waals surface area contributed by atoms with Crippen molar-refractivity contribution in [2.45, 2.75) is 31.6 Å². The van der Waals surface area contributed by atoms with Gasteiger partial charge in [-0.1, -0.05) is 30.7 Å². The number of rotatable bonds is 3. The van der Waals surface area contributed by atoms with Crippen LogP contribution >= 0.6 is 0 Å². The third kappa shape index (κ3) is 2.28. The number of carbonyl (C=O) groups is 1. The van der Waals surface area contributed by atoms with Gasteiger partial charge in [-0.2, -0.15) is 0 Å².